The highest BCUT2D eigenvalue weighted by Crippen LogP contribution is 2.31. The van der Waals surface area contributed by atoms with Crippen LogP contribution in [0.5, 0.6) is 0 Å². The summed E-state index contributed by atoms with van der Waals surface area (Å²) < 4.78 is 5.73. The fraction of sp³-hybridized carbons (Fsp3) is 1.00. The molecule has 1 aliphatic rings. The van der Waals surface area contributed by atoms with E-state index in [1.54, 1.807) is 0 Å². The number of epoxide rings is 1. The van der Waals surface area contributed by atoms with Crippen LogP contribution in [0, 0.1) is 0 Å². The van der Waals surface area contributed by atoms with Gasteiger partial charge in [-0.25, -0.2) is 0 Å². The number of hydrogen-bond donors (Lipinski definition) is 0. The highest BCUT2D eigenvalue weighted by Gasteiger charge is 2.36. The third kappa shape index (κ3) is 13.0. The minimum atomic E-state index is 0.636. The van der Waals surface area contributed by atoms with Crippen LogP contribution in [0.1, 0.15) is 129 Å². The van der Waals surface area contributed by atoms with Crippen LogP contribution in [0.4, 0.5) is 0 Å². The van der Waals surface area contributed by atoms with E-state index in [4.69, 9.17) is 4.74 Å². The number of rotatable bonds is 18. The van der Waals surface area contributed by atoms with Gasteiger partial charge >= 0.3 is 0 Å². The molecule has 0 aromatic rings. The van der Waals surface area contributed by atoms with E-state index in [1.807, 2.05) is 0 Å². The van der Waals surface area contributed by atoms with Crippen LogP contribution in [-0.4, -0.2) is 12.2 Å². The van der Waals surface area contributed by atoms with Gasteiger partial charge in [-0.2, -0.15) is 0 Å². The Morgan fingerprint density at radius 1 is 0.435 bits per heavy atom. The molecular weight excluding hydrogens is 280 g/mol. The van der Waals surface area contributed by atoms with Crippen molar-refractivity contribution in [3.63, 3.8) is 0 Å². The summed E-state index contributed by atoms with van der Waals surface area (Å²) in [7, 11) is 0. The molecule has 0 aliphatic carbocycles. The summed E-state index contributed by atoms with van der Waals surface area (Å²) in [6.45, 7) is 4.56. The predicted octanol–water partition coefficient (Wildman–Crippen LogP) is 7.82. The highest BCUT2D eigenvalue weighted by molar-refractivity contribution is 4.84. The van der Waals surface area contributed by atoms with Crippen molar-refractivity contribution in [2.45, 2.75) is 142 Å². The van der Waals surface area contributed by atoms with Gasteiger partial charge in [0.05, 0.1) is 12.2 Å². The molecule has 0 amide bonds. The Balaban J connectivity index is 1.66. The maximum absolute atomic E-state index is 5.73. The largest absolute Gasteiger partial charge is 0.370 e. The van der Waals surface area contributed by atoms with E-state index in [0.29, 0.717) is 12.2 Å². The lowest BCUT2D eigenvalue weighted by atomic mass is 10.0. The van der Waals surface area contributed by atoms with Crippen LogP contribution in [-0.2, 0) is 4.74 Å². The lowest BCUT2D eigenvalue weighted by Gasteiger charge is -2.03. The first-order chi connectivity index (χ1) is 11.4. The Morgan fingerprint density at radius 3 is 1.22 bits per heavy atom. The van der Waals surface area contributed by atoms with Crippen LogP contribution in [0.25, 0.3) is 0 Å². The molecule has 1 heteroatoms. The van der Waals surface area contributed by atoms with Crippen molar-refractivity contribution >= 4 is 0 Å². The van der Waals surface area contributed by atoms with Crippen molar-refractivity contribution < 1.29 is 4.74 Å². The molecule has 0 spiro atoms. The molecule has 1 heterocycles. The van der Waals surface area contributed by atoms with Crippen molar-refractivity contribution in [1.29, 1.82) is 0 Å². The molecule has 1 saturated heterocycles. The molecule has 0 N–H and O–H groups in total. The predicted molar refractivity (Wildman–Crippen MR) is 103 cm³/mol. The molecule has 0 bridgehead atoms. The van der Waals surface area contributed by atoms with Gasteiger partial charge in [0.15, 0.2) is 0 Å². The molecular formula is C22H44O. The summed E-state index contributed by atoms with van der Waals surface area (Å²) in [5, 5.41) is 0. The maximum Gasteiger partial charge on any atom is 0.0841 e. The molecule has 138 valence electrons. The molecule has 23 heavy (non-hydrogen) atoms. The molecule has 1 rings (SSSR count). The minimum Gasteiger partial charge on any atom is -0.370 e. The molecule has 2 unspecified atom stereocenters. The zero-order valence-corrected chi connectivity index (χ0v) is 16.3. The second kappa shape index (κ2) is 15.5. The van der Waals surface area contributed by atoms with Gasteiger partial charge in [0.2, 0.25) is 0 Å². The third-order valence-electron chi connectivity index (χ3n) is 5.37. The van der Waals surface area contributed by atoms with Crippen molar-refractivity contribution in [3.05, 3.63) is 0 Å². The lowest BCUT2D eigenvalue weighted by molar-refractivity contribution is 0.349. The maximum atomic E-state index is 5.73. The second-order valence-corrected chi connectivity index (χ2v) is 7.74. The zero-order valence-electron chi connectivity index (χ0n) is 16.3. The van der Waals surface area contributed by atoms with Gasteiger partial charge in [-0.3, -0.25) is 0 Å². The molecule has 1 nitrogen and oxygen atoms in total. The van der Waals surface area contributed by atoms with Gasteiger partial charge in [-0.15, -0.1) is 0 Å². The zero-order chi connectivity index (χ0) is 16.6. The Kier molecular flexibility index (Phi) is 14.1. The van der Waals surface area contributed by atoms with Crippen LogP contribution in [0.3, 0.4) is 0 Å². The van der Waals surface area contributed by atoms with Gasteiger partial charge in [-0.1, -0.05) is 117 Å². The standard InChI is InChI=1S/C22H44O/c1-3-5-7-8-9-10-11-12-13-14-15-16-17-18-20-22-21(23-22)19-6-4-2/h21-22H,3-20H2,1-2H3. The molecule has 0 radical (unpaired) electrons. The Bertz CT molecular complexity index is 238. The van der Waals surface area contributed by atoms with Crippen LogP contribution in [0.2, 0.25) is 0 Å². The van der Waals surface area contributed by atoms with E-state index < -0.39 is 0 Å². The summed E-state index contributed by atoms with van der Waals surface area (Å²) in [6, 6.07) is 0. The van der Waals surface area contributed by atoms with Crippen molar-refractivity contribution in [2.24, 2.45) is 0 Å². The van der Waals surface area contributed by atoms with E-state index in [-0.39, 0.29) is 0 Å². The normalized spacial score (nSPS) is 20.1. The molecule has 0 aromatic carbocycles. The summed E-state index contributed by atoms with van der Waals surface area (Å²) in [5.74, 6) is 0. The first kappa shape index (κ1) is 21.0. The van der Waals surface area contributed by atoms with Crippen molar-refractivity contribution in [2.75, 3.05) is 0 Å². The van der Waals surface area contributed by atoms with E-state index in [0.717, 1.165) is 0 Å². The summed E-state index contributed by atoms with van der Waals surface area (Å²) >= 11 is 0. The van der Waals surface area contributed by atoms with Gasteiger partial charge < -0.3 is 4.74 Å². The van der Waals surface area contributed by atoms with Crippen molar-refractivity contribution in [1.82, 2.24) is 0 Å². The van der Waals surface area contributed by atoms with Gasteiger partial charge in [0.1, 0.15) is 0 Å². The Labute approximate surface area is 147 Å². The summed E-state index contributed by atoms with van der Waals surface area (Å²) in [6.07, 6.45) is 26.9. The summed E-state index contributed by atoms with van der Waals surface area (Å²) in [5.41, 5.74) is 0. The Hall–Kier alpha value is -0.0400. The minimum absolute atomic E-state index is 0.636. The molecule has 1 aliphatic heterocycles. The fourth-order valence-corrected chi connectivity index (χ4v) is 3.63. The number of unbranched alkanes of at least 4 members (excludes halogenated alkanes) is 14. The summed E-state index contributed by atoms with van der Waals surface area (Å²) in [4.78, 5) is 0. The number of hydrogen-bond acceptors (Lipinski definition) is 1. The average Bonchev–Trinajstić information content (AvgIpc) is 3.31. The smallest absolute Gasteiger partial charge is 0.0841 e. The third-order valence-corrected chi connectivity index (χ3v) is 5.37. The first-order valence-electron chi connectivity index (χ1n) is 11.0. The SMILES string of the molecule is CCCCCCCCCCCCCCCCC1OC1CCCC. The fourth-order valence-electron chi connectivity index (χ4n) is 3.63. The van der Waals surface area contributed by atoms with Gasteiger partial charge in [0, 0.05) is 0 Å². The number of ether oxygens (including phenoxy) is 1. The van der Waals surface area contributed by atoms with E-state index >= 15 is 0 Å². The van der Waals surface area contributed by atoms with E-state index in [9.17, 15) is 0 Å². The highest BCUT2D eigenvalue weighted by atomic mass is 16.6. The van der Waals surface area contributed by atoms with Crippen LogP contribution >= 0.6 is 0 Å². The topological polar surface area (TPSA) is 12.5 Å². The Morgan fingerprint density at radius 2 is 0.783 bits per heavy atom. The quantitative estimate of drug-likeness (QED) is 0.185. The average molecular weight is 325 g/mol. The monoisotopic (exact) mass is 324 g/mol. The lowest BCUT2D eigenvalue weighted by Crippen LogP contribution is -1.94. The second-order valence-electron chi connectivity index (χ2n) is 7.74. The molecule has 0 aromatic heterocycles. The van der Waals surface area contributed by atoms with E-state index in [1.165, 1.54) is 116 Å². The molecule has 0 saturated carbocycles. The van der Waals surface area contributed by atoms with Crippen LogP contribution < -0.4 is 0 Å². The van der Waals surface area contributed by atoms with Crippen molar-refractivity contribution in [3.8, 4) is 0 Å². The van der Waals surface area contributed by atoms with Crippen LogP contribution in [0.15, 0.2) is 0 Å². The molecule has 2 atom stereocenters. The van der Waals surface area contributed by atoms with E-state index in [2.05, 4.69) is 13.8 Å². The first-order valence-corrected chi connectivity index (χ1v) is 11.0. The van der Waals surface area contributed by atoms with Gasteiger partial charge in [0.25, 0.3) is 0 Å². The molecule has 1 fully saturated rings. The van der Waals surface area contributed by atoms with Gasteiger partial charge in [-0.05, 0) is 12.8 Å².